The van der Waals surface area contributed by atoms with E-state index in [0.29, 0.717) is 40.2 Å². The maximum absolute atomic E-state index is 12.7. The minimum Gasteiger partial charge on any atom is -0.508 e. The quantitative estimate of drug-likeness (QED) is 0.430. The number of hydrogen-bond acceptors (Lipinski definition) is 8. The molecule has 0 spiro atoms. The van der Waals surface area contributed by atoms with Crippen LogP contribution in [-0.4, -0.2) is 62.1 Å². The number of aromatic nitrogens is 3. The second-order valence-corrected chi connectivity index (χ2v) is 8.60. The number of nitrogens with zero attached hydrogens (tertiary/aromatic N) is 4. The molecule has 0 bridgehead atoms. The molecule has 12 heteroatoms. The Balaban J connectivity index is 1.37. The number of hydrogen-bond donors (Lipinski definition) is 4. The summed E-state index contributed by atoms with van der Waals surface area (Å²) in [6, 6.07) is 5.01. The number of amides is 3. The molecule has 4 rings (SSSR count). The van der Waals surface area contributed by atoms with Crippen LogP contribution in [0.25, 0.3) is 0 Å². The van der Waals surface area contributed by atoms with Crippen LogP contribution in [0.15, 0.2) is 30.6 Å². The zero-order valence-electron chi connectivity index (χ0n) is 18.1. The van der Waals surface area contributed by atoms with Crippen molar-refractivity contribution in [2.45, 2.75) is 20.4 Å². The fourth-order valence-corrected chi connectivity index (χ4v) is 4.07. The fourth-order valence-electron chi connectivity index (χ4n) is 3.36. The molecular weight excluding hydrogens is 446 g/mol. The van der Waals surface area contributed by atoms with Gasteiger partial charge in [-0.25, -0.2) is 4.98 Å². The zero-order valence-corrected chi connectivity index (χ0v) is 18.9. The number of rotatable bonds is 6. The Morgan fingerprint density at radius 1 is 1.27 bits per heavy atom. The van der Waals surface area contributed by atoms with Crippen molar-refractivity contribution in [2.24, 2.45) is 0 Å². The molecule has 0 saturated carbocycles. The van der Waals surface area contributed by atoms with Gasteiger partial charge in [-0.15, -0.1) is 0 Å². The van der Waals surface area contributed by atoms with Crippen molar-refractivity contribution >= 4 is 45.7 Å². The Bertz CT molecular complexity index is 1220. The summed E-state index contributed by atoms with van der Waals surface area (Å²) in [5, 5.41) is 23.2. The van der Waals surface area contributed by atoms with Gasteiger partial charge in [0.05, 0.1) is 18.4 Å². The van der Waals surface area contributed by atoms with Crippen molar-refractivity contribution in [1.29, 1.82) is 0 Å². The van der Waals surface area contributed by atoms with Crippen molar-refractivity contribution in [3.8, 4) is 5.75 Å². The highest BCUT2D eigenvalue weighted by Gasteiger charge is 2.21. The number of thiazole rings is 1. The summed E-state index contributed by atoms with van der Waals surface area (Å²) in [5.74, 6) is -0.111. The van der Waals surface area contributed by atoms with Crippen LogP contribution in [0.3, 0.4) is 0 Å². The lowest BCUT2D eigenvalue weighted by Crippen LogP contribution is -2.50. The largest absolute Gasteiger partial charge is 0.508 e. The Morgan fingerprint density at radius 3 is 2.88 bits per heavy atom. The van der Waals surface area contributed by atoms with Gasteiger partial charge in [0.25, 0.3) is 5.91 Å². The molecule has 3 heterocycles. The monoisotopic (exact) mass is 469 g/mol. The van der Waals surface area contributed by atoms with Crippen molar-refractivity contribution in [3.63, 3.8) is 0 Å². The van der Waals surface area contributed by atoms with Gasteiger partial charge < -0.3 is 26.0 Å². The minimum absolute atomic E-state index is 0.0170. The summed E-state index contributed by atoms with van der Waals surface area (Å²) in [4.78, 5) is 42.6. The highest BCUT2D eigenvalue weighted by Crippen LogP contribution is 2.29. The van der Waals surface area contributed by atoms with Crippen LogP contribution >= 0.6 is 11.3 Å². The highest BCUT2D eigenvalue weighted by atomic mass is 32.1. The van der Waals surface area contributed by atoms with E-state index in [2.05, 4.69) is 26.0 Å². The summed E-state index contributed by atoms with van der Waals surface area (Å²) in [7, 11) is 0. The average Bonchev–Trinajstić information content (AvgIpc) is 3.44. The SMILES string of the molecule is Cc1ccc(O)c(C)c1NC(=O)c1cnc(Nc2ccn(CC(=O)N3CCNC(=O)C3)n2)s1. The topological polar surface area (TPSA) is 141 Å². The van der Waals surface area contributed by atoms with Crippen LogP contribution in [-0.2, 0) is 16.1 Å². The molecule has 1 aliphatic heterocycles. The van der Waals surface area contributed by atoms with Gasteiger partial charge in [-0.05, 0) is 25.5 Å². The maximum atomic E-state index is 12.7. The van der Waals surface area contributed by atoms with Crippen LogP contribution in [0.5, 0.6) is 5.75 Å². The van der Waals surface area contributed by atoms with Crippen molar-refractivity contribution in [2.75, 3.05) is 30.3 Å². The van der Waals surface area contributed by atoms with E-state index in [9.17, 15) is 19.5 Å². The lowest BCUT2D eigenvalue weighted by molar-refractivity contribution is -0.138. The van der Waals surface area contributed by atoms with Crippen LogP contribution in [0, 0.1) is 13.8 Å². The lowest BCUT2D eigenvalue weighted by atomic mass is 10.1. The third-order valence-corrected chi connectivity index (χ3v) is 6.09. The van der Waals surface area contributed by atoms with E-state index in [1.165, 1.54) is 15.8 Å². The van der Waals surface area contributed by atoms with Gasteiger partial charge in [-0.1, -0.05) is 17.4 Å². The van der Waals surface area contributed by atoms with Gasteiger partial charge in [-0.3, -0.25) is 19.1 Å². The number of benzene rings is 1. The van der Waals surface area contributed by atoms with Gasteiger partial charge in [0.15, 0.2) is 10.9 Å². The number of nitrogens with one attached hydrogen (secondary N) is 3. The molecule has 0 atom stereocenters. The van der Waals surface area contributed by atoms with Crippen molar-refractivity contribution in [3.05, 3.63) is 46.6 Å². The molecule has 0 aliphatic carbocycles. The first-order valence-electron chi connectivity index (χ1n) is 10.2. The second kappa shape index (κ2) is 9.28. The van der Waals surface area contributed by atoms with E-state index >= 15 is 0 Å². The Hall–Kier alpha value is -3.93. The Morgan fingerprint density at radius 2 is 2.09 bits per heavy atom. The maximum Gasteiger partial charge on any atom is 0.267 e. The summed E-state index contributed by atoms with van der Waals surface area (Å²) in [6.07, 6.45) is 3.11. The van der Waals surface area contributed by atoms with Gasteiger partial charge in [0.1, 0.15) is 17.2 Å². The molecule has 2 aromatic heterocycles. The lowest BCUT2D eigenvalue weighted by Gasteiger charge is -2.26. The highest BCUT2D eigenvalue weighted by molar-refractivity contribution is 7.17. The summed E-state index contributed by atoms with van der Waals surface area (Å²) in [6.45, 7) is 4.57. The fraction of sp³-hybridized carbons (Fsp3) is 0.286. The molecular formula is C21H23N7O4S. The van der Waals surface area contributed by atoms with Crippen LogP contribution in [0.1, 0.15) is 20.8 Å². The number of piperazine rings is 1. The Kier molecular flexibility index (Phi) is 6.27. The third-order valence-electron chi connectivity index (χ3n) is 5.18. The minimum atomic E-state index is -0.334. The predicted octanol–water partition coefficient (Wildman–Crippen LogP) is 1.62. The molecule has 1 aromatic carbocycles. The summed E-state index contributed by atoms with van der Waals surface area (Å²) < 4.78 is 1.48. The van der Waals surface area contributed by atoms with E-state index in [0.717, 1.165) is 16.9 Å². The number of aryl methyl sites for hydroxylation is 1. The number of carbonyl (C=O) groups is 3. The molecule has 4 N–H and O–H groups in total. The first kappa shape index (κ1) is 22.3. The summed E-state index contributed by atoms with van der Waals surface area (Å²) >= 11 is 1.15. The molecule has 1 fully saturated rings. The number of phenols is 1. The normalized spacial score (nSPS) is 13.5. The molecule has 3 aromatic rings. The van der Waals surface area contributed by atoms with Crippen LogP contribution < -0.4 is 16.0 Å². The second-order valence-electron chi connectivity index (χ2n) is 7.57. The molecule has 11 nitrogen and oxygen atoms in total. The standard InChI is InChI=1S/C21H23N7O4S/c1-12-3-4-14(29)13(2)19(12)25-20(32)15-9-23-21(33-15)24-16-5-7-28(26-16)11-18(31)27-8-6-22-17(30)10-27/h3-5,7,9,29H,6,8,10-11H2,1-2H3,(H,22,30)(H,25,32)(H,23,24,26). The van der Waals surface area contributed by atoms with Crippen LogP contribution in [0.4, 0.5) is 16.6 Å². The van der Waals surface area contributed by atoms with E-state index in [-0.39, 0.29) is 36.6 Å². The van der Waals surface area contributed by atoms with Gasteiger partial charge >= 0.3 is 0 Å². The van der Waals surface area contributed by atoms with Gasteiger partial charge in [0, 0.05) is 30.9 Å². The predicted molar refractivity (Wildman–Crippen MR) is 123 cm³/mol. The zero-order chi connectivity index (χ0) is 23.5. The van der Waals surface area contributed by atoms with E-state index in [1.54, 1.807) is 31.3 Å². The first-order chi connectivity index (χ1) is 15.8. The molecule has 172 valence electrons. The van der Waals surface area contributed by atoms with Crippen LogP contribution in [0.2, 0.25) is 0 Å². The van der Waals surface area contributed by atoms with Crippen molar-refractivity contribution in [1.82, 2.24) is 25.0 Å². The first-order valence-corrected chi connectivity index (χ1v) is 11.0. The molecule has 1 saturated heterocycles. The molecule has 0 radical (unpaired) electrons. The smallest absolute Gasteiger partial charge is 0.267 e. The number of phenolic OH excluding ortho intramolecular Hbond substituents is 1. The average molecular weight is 470 g/mol. The van der Waals surface area contributed by atoms with E-state index in [1.807, 2.05) is 6.92 Å². The van der Waals surface area contributed by atoms with E-state index in [4.69, 9.17) is 0 Å². The molecule has 1 aliphatic rings. The molecule has 33 heavy (non-hydrogen) atoms. The number of carbonyl (C=O) groups excluding carboxylic acids is 3. The molecule has 0 unspecified atom stereocenters. The summed E-state index contributed by atoms with van der Waals surface area (Å²) in [5.41, 5.74) is 2.00. The number of aromatic hydroxyl groups is 1. The van der Waals surface area contributed by atoms with E-state index < -0.39 is 0 Å². The molecule has 3 amide bonds. The Labute approximate surface area is 193 Å². The number of anilines is 3. The third kappa shape index (κ3) is 5.12. The van der Waals surface area contributed by atoms with Gasteiger partial charge in [0.2, 0.25) is 11.8 Å². The van der Waals surface area contributed by atoms with Crippen molar-refractivity contribution < 1.29 is 19.5 Å². The van der Waals surface area contributed by atoms with Gasteiger partial charge in [-0.2, -0.15) is 5.10 Å².